The first-order valence-electron chi connectivity index (χ1n) is 9.46. The van der Waals surface area contributed by atoms with Gasteiger partial charge in [-0.25, -0.2) is 9.07 Å². The Balaban J connectivity index is 1.56. The molecule has 1 aliphatic heterocycles. The summed E-state index contributed by atoms with van der Waals surface area (Å²) in [6, 6.07) is 5.95. The zero-order chi connectivity index (χ0) is 19.7. The van der Waals surface area contributed by atoms with Crippen LogP contribution in [-0.4, -0.2) is 38.1 Å². The van der Waals surface area contributed by atoms with E-state index in [1.54, 1.807) is 34.1 Å². The second kappa shape index (κ2) is 7.46. The lowest BCUT2D eigenvalue weighted by Crippen LogP contribution is -2.33. The molecule has 8 heteroatoms. The zero-order valence-corrected chi connectivity index (χ0v) is 16.0. The maximum atomic E-state index is 13.3. The zero-order valence-electron chi connectivity index (χ0n) is 16.0. The van der Waals surface area contributed by atoms with Crippen LogP contribution in [0.3, 0.4) is 0 Å². The number of anilines is 2. The third-order valence-corrected chi connectivity index (χ3v) is 4.97. The number of nitrogens with zero attached hydrogens (tertiary/aromatic N) is 5. The molecule has 3 aromatic rings. The number of carbonyl (C=O) groups excluding carboxylic acids is 1. The van der Waals surface area contributed by atoms with E-state index in [4.69, 9.17) is 0 Å². The van der Waals surface area contributed by atoms with Crippen molar-refractivity contribution < 1.29 is 9.18 Å². The van der Waals surface area contributed by atoms with Gasteiger partial charge in [0, 0.05) is 19.8 Å². The summed E-state index contributed by atoms with van der Waals surface area (Å²) in [4.78, 5) is 14.6. The minimum atomic E-state index is -0.304. The van der Waals surface area contributed by atoms with Gasteiger partial charge in [-0.05, 0) is 37.1 Å². The fraction of sp³-hybridized carbons (Fsp3) is 0.350. The molecule has 1 aromatic carbocycles. The van der Waals surface area contributed by atoms with Gasteiger partial charge in [0.1, 0.15) is 11.9 Å². The molecule has 0 saturated carbocycles. The molecule has 1 aliphatic rings. The first-order valence-corrected chi connectivity index (χ1v) is 9.46. The largest absolute Gasteiger partial charge is 0.371 e. The highest BCUT2D eigenvalue weighted by atomic mass is 19.1. The first-order chi connectivity index (χ1) is 13.6. The van der Waals surface area contributed by atoms with E-state index in [1.807, 2.05) is 17.9 Å². The van der Waals surface area contributed by atoms with Gasteiger partial charge in [0.05, 0.1) is 35.1 Å². The molecule has 0 aliphatic carbocycles. The molecule has 28 heavy (non-hydrogen) atoms. The standard InChI is InChI=1S/C20H23FN6O/c1-3-4-19-18(12-23-27(19)15-7-5-14(21)6-8-15)24-17-9-10-26(20(17)28)16-11-22-25(2)13-16/h5-8,11-13,17,24H,3-4,9-10H2,1-2H3. The predicted octanol–water partition coefficient (Wildman–Crippen LogP) is 2.91. The van der Waals surface area contributed by atoms with Crippen LogP contribution in [0.5, 0.6) is 0 Å². The summed E-state index contributed by atoms with van der Waals surface area (Å²) in [5, 5.41) is 12.0. The van der Waals surface area contributed by atoms with Crippen LogP contribution in [0.25, 0.3) is 5.69 Å². The molecular formula is C20H23FN6O. The smallest absolute Gasteiger partial charge is 0.249 e. The average Bonchev–Trinajstić information content (AvgIpc) is 3.37. The number of aromatic nitrogens is 4. The number of halogens is 1. The van der Waals surface area contributed by atoms with Crippen LogP contribution in [-0.2, 0) is 18.3 Å². The molecule has 1 amide bonds. The second-order valence-corrected chi connectivity index (χ2v) is 6.99. The van der Waals surface area contributed by atoms with Crippen LogP contribution < -0.4 is 10.2 Å². The predicted molar refractivity (Wildman–Crippen MR) is 105 cm³/mol. The van der Waals surface area contributed by atoms with Crippen molar-refractivity contribution in [3.8, 4) is 5.69 Å². The van der Waals surface area contributed by atoms with Crippen molar-refractivity contribution >= 4 is 17.3 Å². The summed E-state index contributed by atoms with van der Waals surface area (Å²) in [5.74, 6) is -0.247. The van der Waals surface area contributed by atoms with Crippen molar-refractivity contribution in [2.45, 2.75) is 32.2 Å². The topological polar surface area (TPSA) is 68.0 Å². The van der Waals surface area contributed by atoms with Crippen LogP contribution in [0.2, 0.25) is 0 Å². The summed E-state index contributed by atoms with van der Waals surface area (Å²) >= 11 is 0. The summed E-state index contributed by atoms with van der Waals surface area (Å²) in [5.41, 5.74) is 3.44. The maximum Gasteiger partial charge on any atom is 0.249 e. The lowest BCUT2D eigenvalue weighted by atomic mass is 10.2. The molecule has 0 bridgehead atoms. The Kier molecular flexibility index (Phi) is 4.85. The van der Waals surface area contributed by atoms with E-state index in [2.05, 4.69) is 22.4 Å². The number of hydrogen-bond acceptors (Lipinski definition) is 4. The van der Waals surface area contributed by atoms with E-state index in [0.29, 0.717) is 13.0 Å². The summed E-state index contributed by atoms with van der Waals surface area (Å²) in [7, 11) is 1.83. The molecule has 1 N–H and O–H groups in total. The van der Waals surface area contributed by atoms with Crippen LogP contribution in [0, 0.1) is 5.82 Å². The fourth-order valence-corrected chi connectivity index (χ4v) is 3.58. The number of benzene rings is 1. The summed E-state index contributed by atoms with van der Waals surface area (Å²) < 4.78 is 16.8. The minimum absolute atomic E-state index is 0.0324. The second-order valence-electron chi connectivity index (χ2n) is 6.99. The van der Waals surface area contributed by atoms with E-state index in [-0.39, 0.29) is 17.8 Å². The Morgan fingerprint density at radius 3 is 2.64 bits per heavy atom. The van der Waals surface area contributed by atoms with E-state index >= 15 is 0 Å². The van der Waals surface area contributed by atoms with Crippen molar-refractivity contribution in [2.75, 3.05) is 16.8 Å². The molecule has 1 unspecified atom stereocenters. The number of nitrogens with one attached hydrogen (secondary N) is 1. The molecule has 3 heterocycles. The lowest BCUT2D eigenvalue weighted by Gasteiger charge is -2.16. The average molecular weight is 382 g/mol. The molecule has 1 saturated heterocycles. The van der Waals surface area contributed by atoms with Gasteiger partial charge in [-0.15, -0.1) is 0 Å². The van der Waals surface area contributed by atoms with Gasteiger partial charge in [0.2, 0.25) is 5.91 Å². The number of amides is 1. The van der Waals surface area contributed by atoms with Gasteiger partial charge < -0.3 is 10.2 Å². The number of aryl methyl sites for hydroxylation is 1. The molecule has 0 spiro atoms. The highest BCUT2D eigenvalue weighted by Crippen LogP contribution is 2.26. The minimum Gasteiger partial charge on any atom is -0.371 e. The molecule has 4 rings (SSSR count). The first kappa shape index (κ1) is 18.2. The normalized spacial score (nSPS) is 16.8. The molecule has 2 aromatic heterocycles. The Morgan fingerprint density at radius 1 is 1.18 bits per heavy atom. The SMILES string of the molecule is CCCc1c(NC2CCN(c3cnn(C)c3)C2=O)cnn1-c1ccc(F)cc1. The third kappa shape index (κ3) is 3.37. The van der Waals surface area contributed by atoms with Gasteiger partial charge in [-0.3, -0.25) is 9.48 Å². The molecular weight excluding hydrogens is 359 g/mol. The Labute approximate surface area is 162 Å². The Bertz CT molecular complexity index is 977. The van der Waals surface area contributed by atoms with Crippen molar-refractivity contribution in [2.24, 2.45) is 7.05 Å². The van der Waals surface area contributed by atoms with Crippen LogP contribution in [0.4, 0.5) is 15.8 Å². The van der Waals surface area contributed by atoms with Gasteiger partial charge in [-0.2, -0.15) is 10.2 Å². The fourth-order valence-electron chi connectivity index (χ4n) is 3.58. The molecule has 0 radical (unpaired) electrons. The number of hydrogen-bond donors (Lipinski definition) is 1. The van der Waals surface area contributed by atoms with Crippen molar-refractivity contribution in [1.29, 1.82) is 0 Å². The maximum absolute atomic E-state index is 13.3. The quantitative estimate of drug-likeness (QED) is 0.712. The van der Waals surface area contributed by atoms with Gasteiger partial charge >= 0.3 is 0 Å². The van der Waals surface area contributed by atoms with Crippen molar-refractivity contribution in [1.82, 2.24) is 19.6 Å². The van der Waals surface area contributed by atoms with E-state index in [9.17, 15) is 9.18 Å². The van der Waals surface area contributed by atoms with Gasteiger partial charge in [0.15, 0.2) is 0 Å². The Morgan fingerprint density at radius 2 is 1.96 bits per heavy atom. The molecule has 7 nitrogen and oxygen atoms in total. The molecule has 1 fully saturated rings. The highest BCUT2D eigenvalue weighted by Gasteiger charge is 2.33. The highest BCUT2D eigenvalue weighted by molar-refractivity contribution is 6.00. The molecule has 1 atom stereocenters. The van der Waals surface area contributed by atoms with Crippen LogP contribution >= 0.6 is 0 Å². The lowest BCUT2D eigenvalue weighted by molar-refractivity contribution is -0.117. The van der Waals surface area contributed by atoms with E-state index in [0.717, 1.165) is 35.6 Å². The Hall–Kier alpha value is -3.16. The van der Waals surface area contributed by atoms with Crippen LogP contribution in [0.1, 0.15) is 25.5 Å². The molecule has 146 valence electrons. The van der Waals surface area contributed by atoms with Crippen molar-refractivity contribution in [3.63, 3.8) is 0 Å². The summed E-state index contributed by atoms with van der Waals surface area (Å²) in [6.07, 6.45) is 7.73. The number of carbonyl (C=O) groups is 1. The third-order valence-electron chi connectivity index (χ3n) is 4.97. The van der Waals surface area contributed by atoms with Gasteiger partial charge in [-0.1, -0.05) is 13.3 Å². The number of rotatable bonds is 6. The van der Waals surface area contributed by atoms with Crippen molar-refractivity contribution in [3.05, 3.63) is 54.4 Å². The van der Waals surface area contributed by atoms with E-state index < -0.39 is 0 Å². The summed E-state index contributed by atoms with van der Waals surface area (Å²) in [6.45, 7) is 2.74. The van der Waals surface area contributed by atoms with Gasteiger partial charge in [0.25, 0.3) is 0 Å². The monoisotopic (exact) mass is 382 g/mol. The van der Waals surface area contributed by atoms with E-state index in [1.165, 1.54) is 12.1 Å². The van der Waals surface area contributed by atoms with Crippen LogP contribution in [0.15, 0.2) is 42.9 Å².